The SMILES string of the molecule is COc1cc2c(cc1F)NC(=O)C1(CCC1)CN2. The summed E-state index contributed by atoms with van der Waals surface area (Å²) in [4.78, 5) is 12.1. The minimum absolute atomic E-state index is 0.00966. The molecule has 1 aliphatic carbocycles. The highest BCUT2D eigenvalue weighted by molar-refractivity contribution is 6.00. The Kier molecular flexibility index (Phi) is 2.43. The Morgan fingerprint density at radius 3 is 2.72 bits per heavy atom. The third-order valence-electron chi connectivity index (χ3n) is 3.95. The maximum absolute atomic E-state index is 13.6. The summed E-state index contributed by atoms with van der Waals surface area (Å²) in [5, 5.41) is 6.03. The van der Waals surface area contributed by atoms with Crippen LogP contribution in [0.4, 0.5) is 15.8 Å². The number of benzene rings is 1. The van der Waals surface area contributed by atoms with Crippen LogP contribution < -0.4 is 15.4 Å². The minimum atomic E-state index is -0.470. The molecule has 0 radical (unpaired) electrons. The Labute approximate surface area is 105 Å². The number of ether oxygens (including phenoxy) is 1. The number of amides is 1. The van der Waals surface area contributed by atoms with Gasteiger partial charge in [-0.2, -0.15) is 0 Å². The molecule has 1 heterocycles. The molecule has 3 rings (SSSR count). The first-order chi connectivity index (χ1) is 8.64. The van der Waals surface area contributed by atoms with E-state index < -0.39 is 5.82 Å². The normalized spacial score (nSPS) is 20.2. The lowest BCUT2D eigenvalue weighted by atomic mass is 9.68. The van der Waals surface area contributed by atoms with Crippen LogP contribution in [0.15, 0.2) is 12.1 Å². The Hall–Kier alpha value is -1.78. The first-order valence-corrected chi connectivity index (χ1v) is 6.07. The number of hydrogen-bond acceptors (Lipinski definition) is 3. The van der Waals surface area contributed by atoms with Crippen LogP contribution in [0.5, 0.6) is 5.75 Å². The number of hydrogen-bond donors (Lipinski definition) is 2. The fraction of sp³-hybridized carbons (Fsp3) is 0.462. The third kappa shape index (κ3) is 1.54. The lowest BCUT2D eigenvalue weighted by molar-refractivity contribution is -0.129. The Bertz CT molecular complexity index is 512. The molecule has 1 aliphatic heterocycles. The van der Waals surface area contributed by atoms with E-state index in [1.54, 1.807) is 6.07 Å². The number of anilines is 2. The van der Waals surface area contributed by atoms with E-state index in [9.17, 15) is 9.18 Å². The average Bonchev–Trinajstić information content (AvgIpc) is 2.43. The zero-order valence-corrected chi connectivity index (χ0v) is 10.2. The summed E-state index contributed by atoms with van der Waals surface area (Å²) in [6.45, 7) is 0.598. The molecule has 0 atom stereocenters. The predicted octanol–water partition coefficient (Wildman–Crippen LogP) is 2.37. The van der Waals surface area contributed by atoms with Crippen molar-refractivity contribution in [2.24, 2.45) is 5.41 Å². The summed E-state index contributed by atoms with van der Waals surface area (Å²) < 4.78 is 18.6. The van der Waals surface area contributed by atoms with Crippen LogP contribution in [0.25, 0.3) is 0 Å². The first-order valence-electron chi connectivity index (χ1n) is 6.07. The van der Waals surface area contributed by atoms with E-state index >= 15 is 0 Å². The molecule has 1 amide bonds. The number of rotatable bonds is 1. The molecule has 18 heavy (non-hydrogen) atoms. The molecule has 0 aromatic heterocycles. The van der Waals surface area contributed by atoms with E-state index in [1.807, 2.05) is 0 Å². The molecule has 1 spiro atoms. The molecular weight excluding hydrogens is 235 g/mol. The zero-order valence-electron chi connectivity index (χ0n) is 10.2. The smallest absolute Gasteiger partial charge is 0.232 e. The van der Waals surface area contributed by atoms with Crippen LogP contribution in [-0.4, -0.2) is 19.6 Å². The quantitative estimate of drug-likeness (QED) is 0.804. The van der Waals surface area contributed by atoms with Crippen molar-refractivity contribution in [3.63, 3.8) is 0 Å². The molecule has 0 unspecified atom stereocenters. The third-order valence-corrected chi connectivity index (χ3v) is 3.95. The average molecular weight is 250 g/mol. The number of nitrogens with one attached hydrogen (secondary N) is 2. The van der Waals surface area contributed by atoms with Crippen molar-refractivity contribution in [1.29, 1.82) is 0 Å². The van der Waals surface area contributed by atoms with Gasteiger partial charge in [0.05, 0.1) is 23.9 Å². The van der Waals surface area contributed by atoms with Crippen molar-refractivity contribution in [2.45, 2.75) is 19.3 Å². The van der Waals surface area contributed by atoms with Crippen molar-refractivity contribution in [1.82, 2.24) is 0 Å². The summed E-state index contributed by atoms with van der Waals surface area (Å²) in [6, 6.07) is 2.89. The Morgan fingerprint density at radius 2 is 2.11 bits per heavy atom. The van der Waals surface area contributed by atoms with Crippen molar-refractivity contribution in [2.75, 3.05) is 24.3 Å². The molecule has 2 aliphatic rings. The molecule has 1 aromatic rings. The summed E-state index contributed by atoms with van der Waals surface area (Å²) in [7, 11) is 1.42. The fourth-order valence-electron chi connectivity index (χ4n) is 2.57. The van der Waals surface area contributed by atoms with Gasteiger partial charge in [0.15, 0.2) is 11.6 Å². The van der Waals surface area contributed by atoms with Crippen LogP contribution >= 0.6 is 0 Å². The van der Waals surface area contributed by atoms with Gasteiger partial charge in [-0.15, -0.1) is 0 Å². The lowest BCUT2D eigenvalue weighted by Crippen LogP contribution is -2.45. The van der Waals surface area contributed by atoms with Crippen LogP contribution in [0.1, 0.15) is 19.3 Å². The van der Waals surface area contributed by atoms with Crippen LogP contribution in [0.3, 0.4) is 0 Å². The number of fused-ring (bicyclic) bond motifs is 1. The second-order valence-electron chi connectivity index (χ2n) is 4.97. The minimum Gasteiger partial charge on any atom is -0.494 e. The van der Waals surface area contributed by atoms with Gasteiger partial charge >= 0.3 is 0 Å². The fourth-order valence-corrected chi connectivity index (χ4v) is 2.57. The molecule has 0 bridgehead atoms. The highest BCUT2D eigenvalue weighted by Crippen LogP contribution is 2.45. The van der Waals surface area contributed by atoms with Crippen molar-refractivity contribution in [3.8, 4) is 5.75 Å². The van der Waals surface area contributed by atoms with E-state index in [-0.39, 0.29) is 17.1 Å². The number of methoxy groups -OCH3 is 1. The van der Waals surface area contributed by atoms with Gasteiger partial charge in [0, 0.05) is 18.7 Å². The molecular formula is C13H15FN2O2. The molecule has 96 valence electrons. The summed E-state index contributed by atoms with van der Waals surface area (Å²) >= 11 is 0. The van der Waals surface area contributed by atoms with Crippen molar-refractivity contribution in [3.05, 3.63) is 17.9 Å². The van der Waals surface area contributed by atoms with E-state index in [2.05, 4.69) is 10.6 Å². The van der Waals surface area contributed by atoms with Crippen LogP contribution in [0.2, 0.25) is 0 Å². The van der Waals surface area contributed by atoms with E-state index in [0.717, 1.165) is 19.3 Å². The second kappa shape index (κ2) is 3.86. The van der Waals surface area contributed by atoms with Crippen molar-refractivity contribution >= 4 is 17.3 Å². The van der Waals surface area contributed by atoms with Gasteiger partial charge < -0.3 is 15.4 Å². The van der Waals surface area contributed by atoms with Gasteiger partial charge in [0.25, 0.3) is 0 Å². The summed E-state index contributed by atoms with van der Waals surface area (Å²) in [6.07, 6.45) is 2.85. The van der Waals surface area contributed by atoms with Gasteiger partial charge in [0.2, 0.25) is 5.91 Å². The maximum atomic E-state index is 13.6. The number of halogens is 1. The molecule has 1 aromatic carbocycles. The highest BCUT2D eigenvalue weighted by atomic mass is 19.1. The lowest BCUT2D eigenvalue weighted by Gasteiger charge is -2.38. The van der Waals surface area contributed by atoms with Gasteiger partial charge in [-0.05, 0) is 12.8 Å². The molecule has 5 heteroatoms. The maximum Gasteiger partial charge on any atom is 0.232 e. The molecule has 0 saturated heterocycles. The Morgan fingerprint density at radius 1 is 1.33 bits per heavy atom. The van der Waals surface area contributed by atoms with E-state index in [1.165, 1.54) is 13.2 Å². The topological polar surface area (TPSA) is 50.4 Å². The molecule has 1 saturated carbocycles. The van der Waals surface area contributed by atoms with Crippen LogP contribution in [0, 0.1) is 11.2 Å². The first kappa shape index (κ1) is 11.3. The largest absolute Gasteiger partial charge is 0.494 e. The van der Waals surface area contributed by atoms with Crippen LogP contribution in [-0.2, 0) is 4.79 Å². The zero-order chi connectivity index (χ0) is 12.8. The monoisotopic (exact) mass is 250 g/mol. The van der Waals surface area contributed by atoms with E-state index in [0.29, 0.717) is 17.9 Å². The molecule has 4 nitrogen and oxygen atoms in total. The van der Waals surface area contributed by atoms with Gasteiger partial charge in [-0.3, -0.25) is 4.79 Å². The standard InChI is InChI=1S/C13H15FN2O2/c1-18-11-6-9-10(5-8(11)14)16-12(17)13(7-15-9)3-2-4-13/h5-6,15H,2-4,7H2,1H3,(H,16,17). The summed E-state index contributed by atoms with van der Waals surface area (Å²) in [5.41, 5.74) is 0.885. The van der Waals surface area contributed by atoms with Gasteiger partial charge in [0.1, 0.15) is 0 Å². The van der Waals surface area contributed by atoms with E-state index in [4.69, 9.17) is 4.74 Å². The van der Waals surface area contributed by atoms with Crippen molar-refractivity contribution < 1.29 is 13.9 Å². The Balaban J connectivity index is 1.98. The molecule has 1 fully saturated rings. The second-order valence-corrected chi connectivity index (χ2v) is 4.97. The summed E-state index contributed by atoms with van der Waals surface area (Å²) in [5.74, 6) is -0.299. The highest BCUT2D eigenvalue weighted by Gasteiger charge is 2.45. The number of carbonyl (C=O) groups is 1. The number of carbonyl (C=O) groups excluding carboxylic acids is 1. The van der Waals surface area contributed by atoms with Gasteiger partial charge in [-0.1, -0.05) is 6.42 Å². The van der Waals surface area contributed by atoms with Gasteiger partial charge in [-0.25, -0.2) is 4.39 Å². The molecule has 2 N–H and O–H groups in total. The predicted molar refractivity (Wildman–Crippen MR) is 66.4 cm³/mol.